The first-order valence-electron chi connectivity index (χ1n) is 8.56. The number of hydrogen-bond donors (Lipinski definition) is 1. The van der Waals surface area contributed by atoms with Crippen molar-refractivity contribution >= 4 is 18.0 Å². The Morgan fingerprint density at radius 3 is 2.32 bits per heavy atom. The SMILES string of the molecule is [2H]CCC(N)C(=O)N(C(=O)OC(C)(C)C)[C@@H](C(=O)OC)c1ccccc1. The number of methoxy groups -OCH3 is 1. The molecule has 7 nitrogen and oxygen atoms in total. The van der Waals surface area contributed by atoms with Gasteiger partial charge in [0.1, 0.15) is 5.60 Å². The maximum Gasteiger partial charge on any atom is 0.418 e. The third-order valence-corrected chi connectivity index (χ3v) is 3.25. The van der Waals surface area contributed by atoms with Gasteiger partial charge < -0.3 is 15.2 Å². The highest BCUT2D eigenvalue weighted by molar-refractivity contribution is 5.99. The second kappa shape index (κ2) is 8.62. The Morgan fingerprint density at radius 1 is 1.24 bits per heavy atom. The van der Waals surface area contributed by atoms with Gasteiger partial charge in [0.2, 0.25) is 5.91 Å². The molecule has 0 spiro atoms. The van der Waals surface area contributed by atoms with Crippen molar-refractivity contribution in [3.63, 3.8) is 0 Å². The van der Waals surface area contributed by atoms with Crippen LogP contribution < -0.4 is 5.73 Å². The monoisotopic (exact) mass is 351 g/mol. The zero-order valence-corrected chi connectivity index (χ0v) is 15.0. The van der Waals surface area contributed by atoms with Crippen LogP contribution in [0.1, 0.15) is 47.1 Å². The second-order valence-corrected chi connectivity index (χ2v) is 6.42. The van der Waals surface area contributed by atoms with Gasteiger partial charge in [0, 0.05) is 1.37 Å². The van der Waals surface area contributed by atoms with Gasteiger partial charge in [-0.05, 0) is 32.8 Å². The normalized spacial score (nSPS) is 14.0. The minimum atomic E-state index is -1.33. The van der Waals surface area contributed by atoms with Crippen LogP contribution in [0, 0.1) is 0 Å². The number of imide groups is 1. The Kier molecular flexibility index (Phi) is 6.52. The third-order valence-electron chi connectivity index (χ3n) is 3.25. The van der Waals surface area contributed by atoms with Crippen LogP contribution in [0.15, 0.2) is 30.3 Å². The highest BCUT2D eigenvalue weighted by atomic mass is 16.6. The molecule has 2 atom stereocenters. The molecule has 1 unspecified atom stereocenters. The highest BCUT2D eigenvalue weighted by Gasteiger charge is 2.40. The molecule has 25 heavy (non-hydrogen) atoms. The molecule has 1 aromatic carbocycles. The molecule has 0 saturated carbocycles. The Morgan fingerprint density at radius 2 is 1.84 bits per heavy atom. The fourth-order valence-corrected chi connectivity index (χ4v) is 2.07. The Hall–Kier alpha value is -2.41. The lowest BCUT2D eigenvalue weighted by atomic mass is 10.0. The van der Waals surface area contributed by atoms with Crippen LogP contribution in [-0.4, -0.2) is 41.6 Å². The fraction of sp³-hybridized carbons (Fsp3) is 0.500. The quantitative estimate of drug-likeness (QED) is 0.818. The summed E-state index contributed by atoms with van der Waals surface area (Å²) < 4.78 is 17.4. The zero-order valence-electron chi connectivity index (χ0n) is 16.0. The lowest BCUT2D eigenvalue weighted by Gasteiger charge is -2.32. The average Bonchev–Trinajstić information content (AvgIpc) is 2.57. The van der Waals surface area contributed by atoms with Gasteiger partial charge in [-0.25, -0.2) is 14.5 Å². The lowest BCUT2D eigenvalue weighted by molar-refractivity contribution is -0.153. The molecule has 7 heteroatoms. The van der Waals surface area contributed by atoms with E-state index in [0.717, 1.165) is 0 Å². The van der Waals surface area contributed by atoms with Gasteiger partial charge in [-0.15, -0.1) is 0 Å². The molecule has 0 saturated heterocycles. The van der Waals surface area contributed by atoms with Gasteiger partial charge in [0.15, 0.2) is 6.04 Å². The summed E-state index contributed by atoms with van der Waals surface area (Å²) in [6.07, 6.45) is -0.956. The maximum atomic E-state index is 12.8. The van der Waals surface area contributed by atoms with Gasteiger partial charge in [0.05, 0.1) is 13.2 Å². The largest absolute Gasteiger partial charge is 0.467 e. The molecule has 0 bridgehead atoms. The van der Waals surface area contributed by atoms with Gasteiger partial charge in [-0.3, -0.25) is 4.79 Å². The molecule has 0 heterocycles. The minimum Gasteiger partial charge on any atom is -0.467 e. The first-order valence-corrected chi connectivity index (χ1v) is 7.86. The molecule has 0 radical (unpaired) electrons. The van der Waals surface area contributed by atoms with Gasteiger partial charge in [0.25, 0.3) is 0 Å². The number of nitrogens with zero attached hydrogens (tertiary/aromatic N) is 1. The number of nitrogens with two attached hydrogens (primary N) is 1. The summed E-state index contributed by atoms with van der Waals surface area (Å²) in [5.74, 6) is -1.60. The van der Waals surface area contributed by atoms with Crippen molar-refractivity contribution in [3.8, 4) is 0 Å². The van der Waals surface area contributed by atoms with Crippen molar-refractivity contribution in [1.82, 2.24) is 4.90 Å². The smallest absolute Gasteiger partial charge is 0.418 e. The standard InChI is InChI=1S/C18H26N2O5/c1-6-13(19)15(21)20(17(23)25-18(2,3)4)14(16(22)24-5)12-10-8-7-9-11-12/h7-11,13-14H,6,19H2,1-5H3/t13?,14-/m1/s1/i1D. The topological polar surface area (TPSA) is 98.9 Å². The predicted molar refractivity (Wildman–Crippen MR) is 92.5 cm³/mol. The summed E-state index contributed by atoms with van der Waals surface area (Å²) in [6, 6.07) is 5.84. The third kappa shape index (κ3) is 5.56. The van der Waals surface area contributed by atoms with E-state index in [2.05, 4.69) is 0 Å². The minimum absolute atomic E-state index is 0.0425. The van der Waals surface area contributed by atoms with Crippen LogP contribution in [0.5, 0.6) is 0 Å². The molecule has 0 aliphatic rings. The van der Waals surface area contributed by atoms with Crippen molar-refractivity contribution in [2.24, 2.45) is 5.73 Å². The van der Waals surface area contributed by atoms with E-state index in [4.69, 9.17) is 16.6 Å². The maximum absolute atomic E-state index is 12.8. The Bertz CT molecular complexity index is 630. The molecular weight excluding hydrogens is 324 g/mol. The number of esters is 1. The molecule has 0 aliphatic carbocycles. The van der Waals surface area contributed by atoms with Crippen LogP contribution >= 0.6 is 0 Å². The van der Waals surface area contributed by atoms with Gasteiger partial charge in [-0.2, -0.15) is 0 Å². The molecule has 0 fully saturated rings. The first-order chi connectivity index (χ1) is 12.1. The predicted octanol–water partition coefficient (Wildman–Crippen LogP) is 2.40. The van der Waals surface area contributed by atoms with E-state index in [1.807, 2.05) is 0 Å². The van der Waals surface area contributed by atoms with E-state index in [-0.39, 0.29) is 13.3 Å². The summed E-state index contributed by atoms with van der Waals surface area (Å²) in [6.45, 7) is 4.84. The molecule has 1 rings (SSSR count). The molecule has 0 aliphatic heterocycles. The van der Waals surface area contributed by atoms with E-state index < -0.39 is 35.7 Å². The molecule has 1 aromatic rings. The van der Waals surface area contributed by atoms with Crippen LogP contribution in [0.4, 0.5) is 4.79 Å². The molecule has 2 N–H and O–H groups in total. The Labute approximate surface area is 149 Å². The zero-order chi connectivity index (χ0) is 19.9. The van der Waals surface area contributed by atoms with Gasteiger partial charge >= 0.3 is 12.1 Å². The van der Waals surface area contributed by atoms with Gasteiger partial charge in [-0.1, -0.05) is 37.2 Å². The number of benzene rings is 1. The first kappa shape index (κ1) is 18.9. The number of carbonyl (C=O) groups excluding carboxylic acids is 3. The van der Waals surface area contributed by atoms with Crippen molar-refractivity contribution in [2.45, 2.75) is 51.8 Å². The molecule has 2 amide bonds. The number of carbonyl (C=O) groups is 3. The second-order valence-electron chi connectivity index (χ2n) is 6.42. The average molecular weight is 351 g/mol. The van der Waals surface area contributed by atoms with E-state index in [1.165, 1.54) is 7.11 Å². The van der Waals surface area contributed by atoms with Crippen LogP contribution in [0.2, 0.25) is 0 Å². The van der Waals surface area contributed by atoms with Crippen molar-refractivity contribution in [2.75, 3.05) is 7.11 Å². The van der Waals surface area contributed by atoms with E-state index >= 15 is 0 Å². The van der Waals surface area contributed by atoms with E-state index in [1.54, 1.807) is 51.1 Å². The summed E-state index contributed by atoms with van der Waals surface area (Å²) in [5.41, 5.74) is 5.32. The van der Waals surface area contributed by atoms with E-state index in [9.17, 15) is 14.4 Å². The lowest BCUT2D eigenvalue weighted by Crippen LogP contribution is -2.51. The number of hydrogen-bond acceptors (Lipinski definition) is 6. The summed E-state index contributed by atoms with van der Waals surface area (Å²) in [7, 11) is 1.17. The number of ether oxygens (including phenoxy) is 2. The molecular formula is C18H26N2O5. The van der Waals surface area contributed by atoms with Crippen LogP contribution in [0.25, 0.3) is 0 Å². The Balaban J connectivity index is 3.40. The molecule has 0 aromatic heterocycles. The van der Waals surface area contributed by atoms with Crippen LogP contribution in [-0.2, 0) is 19.1 Å². The fourth-order valence-electron chi connectivity index (χ4n) is 2.07. The highest BCUT2D eigenvalue weighted by Crippen LogP contribution is 2.25. The molecule has 138 valence electrons. The van der Waals surface area contributed by atoms with Crippen molar-refractivity contribution in [3.05, 3.63) is 35.9 Å². The van der Waals surface area contributed by atoms with Crippen molar-refractivity contribution < 1.29 is 25.2 Å². The summed E-state index contributed by atoms with van der Waals surface area (Å²) in [4.78, 5) is 38.6. The summed E-state index contributed by atoms with van der Waals surface area (Å²) in [5, 5.41) is 0. The number of rotatable bonds is 5. The van der Waals surface area contributed by atoms with E-state index in [0.29, 0.717) is 10.5 Å². The van der Waals surface area contributed by atoms with Crippen LogP contribution in [0.3, 0.4) is 0 Å². The summed E-state index contributed by atoms with van der Waals surface area (Å²) >= 11 is 0. The van der Waals surface area contributed by atoms with Crippen molar-refractivity contribution in [1.29, 1.82) is 0 Å². The number of amides is 2.